The van der Waals surface area contributed by atoms with Crippen molar-refractivity contribution < 1.29 is 14.4 Å². The molecule has 1 heterocycles. The van der Waals surface area contributed by atoms with Gasteiger partial charge in [0.2, 0.25) is 0 Å². The molecule has 1 saturated heterocycles. The van der Waals surface area contributed by atoms with Crippen LogP contribution in [0.1, 0.15) is 6.42 Å². The number of hydrogen-bond donors (Lipinski definition) is 2. The molecule has 0 aromatic rings. The second-order valence-electron chi connectivity index (χ2n) is 3.68. The fourth-order valence-electron chi connectivity index (χ4n) is 1.52. The maximum absolute atomic E-state index is 10.4. The van der Waals surface area contributed by atoms with Crippen LogP contribution < -0.4 is 5.32 Å². The Hall–Kier alpha value is -0.610. The third kappa shape index (κ3) is 2.79. The number of aliphatic carboxylic acids is 1. The van der Waals surface area contributed by atoms with Gasteiger partial charge in [0.25, 0.3) is 0 Å². The predicted octanol–water partition coefficient (Wildman–Crippen LogP) is -0.489. The minimum absolute atomic E-state index is 0.288. The molecule has 0 spiro atoms. The van der Waals surface area contributed by atoms with E-state index in [1.54, 1.807) is 0 Å². The van der Waals surface area contributed by atoms with E-state index in [1.807, 2.05) is 0 Å². The molecule has 0 aromatic heterocycles. The monoisotopic (exact) mass is 173 g/mol. The fourth-order valence-corrected chi connectivity index (χ4v) is 1.52. The van der Waals surface area contributed by atoms with Gasteiger partial charge in [-0.05, 0) is 0 Å². The van der Waals surface area contributed by atoms with Crippen LogP contribution in [0.15, 0.2) is 0 Å². The molecule has 0 saturated carbocycles. The van der Waals surface area contributed by atoms with Gasteiger partial charge < -0.3 is 14.9 Å². The SMILES string of the molecule is C[N+]1(CCC(=O)O)CCNCC1. The van der Waals surface area contributed by atoms with E-state index in [9.17, 15) is 4.79 Å². The highest BCUT2D eigenvalue weighted by atomic mass is 16.4. The largest absolute Gasteiger partial charge is 0.481 e. The van der Waals surface area contributed by atoms with Gasteiger partial charge in [0.1, 0.15) is 0 Å². The highest BCUT2D eigenvalue weighted by molar-refractivity contribution is 5.66. The van der Waals surface area contributed by atoms with Crippen LogP contribution in [0.25, 0.3) is 0 Å². The molecule has 70 valence electrons. The lowest BCUT2D eigenvalue weighted by atomic mass is 10.2. The maximum atomic E-state index is 10.4. The second-order valence-corrected chi connectivity index (χ2v) is 3.68. The lowest BCUT2D eigenvalue weighted by Gasteiger charge is -2.37. The van der Waals surface area contributed by atoms with Gasteiger partial charge in [0.05, 0.1) is 33.1 Å². The van der Waals surface area contributed by atoms with Crippen molar-refractivity contribution in [1.82, 2.24) is 5.32 Å². The normalized spacial score (nSPS) is 22.1. The Morgan fingerprint density at radius 3 is 2.58 bits per heavy atom. The van der Waals surface area contributed by atoms with Crippen LogP contribution in [0, 0.1) is 0 Å². The molecule has 0 radical (unpaired) electrons. The summed E-state index contributed by atoms with van der Waals surface area (Å²) in [6.07, 6.45) is 0.288. The summed E-state index contributed by atoms with van der Waals surface area (Å²) in [5.41, 5.74) is 0. The Labute approximate surface area is 72.8 Å². The molecule has 0 unspecified atom stereocenters. The molecule has 1 rings (SSSR count). The standard InChI is InChI=1S/C8H16N2O2/c1-10(5-2-8(11)12)6-3-9-4-7-10/h9H,2-7H2,1H3/p+1. The minimum Gasteiger partial charge on any atom is -0.481 e. The first-order valence-electron chi connectivity index (χ1n) is 4.38. The Kier molecular flexibility index (Phi) is 3.05. The van der Waals surface area contributed by atoms with E-state index in [-0.39, 0.29) is 6.42 Å². The number of likely N-dealkylation sites (N-methyl/N-ethyl adjacent to an activating group) is 1. The quantitative estimate of drug-likeness (QED) is 0.566. The van der Waals surface area contributed by atoms with Crippen molar-refractivity contribution in [2.45, 2.75) is 6.42 Å². The molecule has 1 aliphatic rings. The number of carbonyl (C=O) groups is 1. The van der Waals surface area contributed by atoms with Crippen molar-refractivity contribution in [1.29, 1.82) is 0 Å². The first kappa shape index (κ1) is 9.48. The van der Waals surface area contributed by atoms with E-state index in [4.69, 9.17) is 5.11 Å². The van der Waals surface area contributed by atoms with E-state index in [0.29, 0.717) is 0 Å². The highest BCUT2D eigenvalue weighted by Gasteiger charge is 2.24. The van der Waals surface area contributed by atoms with Gasteiger partial charge in [-0.1, -0.05) is 0 Å². The van der Waals surface area contributed by atoms with Gasteiger partial charge in [0.15, 0.2) is 0 Å². The number of carboxylic acid groups (broad SMARTS) is 1. The molecule has 1 aliphatic heterocycles. The van der Waals surface area contributed by atoms with Crippen molar-refractivity contribution >= 4 is 5.97 Å². The molecule has 0 bridgehead atoms. The summed E-state index contributed by atoms with van der Waals surface area (Å²) in [5.74, 6) is -0.687. The number of quaternary nitrogens is 1. The topological polar surface area (TPSA) is 49.3 Å². The van der Waals surface area contributed by atoms with E-state index in [2.05, 4.69) is 12.4 Å². The van der Waals surface area contributed by atoms with Gasteiger partial charge >= 0.3 is 5.97 Å². The fraction of sp³-hybridized carbons (Fsp3) is 0.875. The van der Waals surface area contributed by atoms with Crippen molar-refractivity contribution in [2.75, 3.05) is 39.8 Å². The molecule has 1 fully saturated rings. The lowest BCUT2D eigenvalue weighted by Crippen LogP contribution is -2.56. The number of piperazine rings is 1. The molecule has 0 amide bonds. The molecule has 2 N–H and O–H groups in total. The number of carboxylic acids is 1. The molecular formula is C8H17N2O2+. The zero-order valence-corrected chi connectivity index (χ0v) is 7.55. The van der Waals surface area contributed by atoms with Crippen LogP contribution in [0.2, 0.25) is 0 Å². The number of nitrogens with one attached hydrogen (secondary N) is 1. The van der Waals surface area contributed by atoms with Gasteiger partial charge in [0, 0.05) is 13.1 Å². The van der Waals surface area contributed by atoms with Crippen LogP contribution in [0.5, 0.6) is 0 Å². The summed E-state index contributed by atoms with van der Waals surface area (Å²) >= 11 is 0. The molecule has 12 heavy (non-hydrogen) atoms. The highest BCUT2D eigenvalue weighted by Crippen LogP contribution is 2.05. The van der Waals surface area contributed by atoms with Crippen molar-refractivity contribution in [3.63, 3.8) is 0 Å². The number of hydrogen-bond acceptors (Lipinski definition) is 2. The lowest BCUT2D eigenvalue weighted by molar-refractivity contribution is -0.910. The Morgan fingerprint density at radius 2 is 2.08 bits per heavy atom. The first-order valence-corrected chi connectivity index (χ1v) is 4.38. The van der Waals surface area contributed by atoms with Crippen LogP contribution in [-0.4, -0.2) is 55.3 Å². The van der Waals surface area contributed by atoms with Gasteiger partial charge in [-0.3, -0.25) is 4.79 Å². The zero-order chi connectivity index (χ0) is 9.03. The summed E-state index contributed by atoms with van der Waals surface area (Å²) in [4.78, 5) is 10.4. The number of rotatable bonds is 3. The Morgan fingerprint density at radius 1 is 1.50 bits per heavy atom. The third-order valence-electron chi connectivity index (χ3n) is 2.52. The van der Waals surface area contributed by atoms with Crippen LogP contribution in [-0.2, 0) is 4.79 Å². The zero-order valence-electron chi connectivity index (χ0n) is 7.55. The molecule has 0 aliphatic carbocycles. The average Bonchev–Trinajstić information content (AvgIpc) is 2.03. The molecule has 4 heteroatoms. The maximum Gasteiger partial charge on any atom is 0.309 e. The third-order valence-corrected chi connectivity index (χ3v) is 2.52. The van der Waals surface area contributed by atoms with Gasteiger partial charge in [-0.25, -0.2) is 0 Å². The summed E-state index contributed by atoms with van der Waals surface area (Å²) in [6.45, 7) is 4.88. The van der Waals surface area contributed by atoms with Gasteiger partial charge in [-0.2, -0.15) is 0 Å². The first-order chi connectivity index (χ1) is 5.62. The molecular weight excluding hydrogens is 156 g/mol. The number of nitrogens with zero attached hydrogens (tertiary/aromatic N) is 1. The van der Waals surface area contributed by atoms with Crippen molar-refractivity contribution in [3.8, 4) is 0 Å². The minimum atomic E-state index is -0.687. The molecule has 4 nitrogen and oxygen atoms in total. The van der Waals surface area contributed by atoms with Crippen molar-refractivity contribution in [3.05, 3.63) is 0 Å². The summed E-state index contributed by atoms with van der Waals surface area (Å²) < 4.78 is 0.902. The van der Waals surface area contributed by atoms with E-state index >= 15 is 0 Å². The van der Waals surface area contributed by atoms with Crippen molar-refractivity contribution in [2.24, 2.45) is 0 Å². The summed E-state index contributed by atoms with van der Waals surface area (Å²) in [5, 5.41) is 11.8. The summed E-state index contributed by atoms with van der Waals surface area (Å²) in [6, 6.07) is 0. The smallest absolute Gasteiger partial charge is 0.309 e. The Balaban J connectivity index is 2.31. The van der Waals surface area contributed by atoms with Crippen LogP contribution in [0.4, 0.5) is 0 Å². The molecule has 0 aromatic carbocycles. The van der Waals surface area contributed by atoms with Gasteiger partial charge in [-0.15, -0.1) is 0 Å². The Bertz CT molecular complexity index is 164. The van der Waals surface area contributed by atoms with E-state index in [1.165, 1.54) is 0 Å². The molecule has 0 atom stereocenters. The van der Waals surface area contributed by atoms with Crippen LogP contribution in [0.3, 0.4) is 0 Å². The predicted molar refractivity (Wildman–Crippen MR) is 45.9 cm³/mol. The summed E-state index contributed by atoms with van der Waals surface area (Å²) in [7, 11) is 2.13. The average molecular weight is 173 g/mol. The second kappa shape index (κ2) is 3.87. The van der Waals surface area contributed by atoms with Crippen LogP contribution >= 0.6 is 0 Å². The van der Waals surface area contributed by atoms with E-state index < -0.39 is 5.97 Å². The van der Waals surface area contributed by atoms with E-state index in [0.717, 1.165) is 37.2 Å².